The lowest BCUT2D eigenvalue weighted by Crippen LogP contribution is -2.18. The van der Waals surface area contributed by atoms with Crippen LogP contribution in [0, 0.1) is 5.82 Å². The Morgan fingerprint density at radius 1 is 1.38 bits per heavy atom. The number of hydrogen-bond acceptors (Lipinski definition) is 3. The van der Waals surface area contributed by atoms with Crippen molar-refractivity contribution in [2.45, 2.75) is 0 Å². The van der Waals surface area contributed by atoms with Gasteiger partial charge in [0.05, 0.1) is 0 Å². The van der Waals surface area contributed by atoms with Gasteiger partial charge in [-0.3, -0.25) is 0 Å². The average Bonchev–Trinajstić information content (AvgIpc) is 1.78. The number of benzene rings is 1. The third-order valence-corrected chi connectivity index (χ3v) is 1.93. The van der Waals surface area contributed by atoms with E-state index in [1.54, 1.807) is 0 Å². The Labute approximate surface area is 82.9 Å². The Balaban J connectivity index is 3.03. The molecular weight excluding hydrogens is 265 g/mol. The van der Waals surface area contributed by atoms with Gasteiger partial charge in [-0.25, -0.2) is 4.39 Å². The minimum Gasteiger partial charge on any atom is -0.371 e. The van der Waals surface area contributed by atoms with Crippen LogP contribution in [-0.2, 0) is 10.3 Å². The molecule has 0 aliphatic carbocycles. The highest BCUT2D eigenvalue weighted by Gasteiger charge is 2.06. The van der Waals surface area contributed by atoms with Gasteiger partial charge in [-0.1, -0.05) is 15.9 Å². The Hall–Kier alpha value is -0.660. The lowest BCUT2D eigenvalue weighted by atomic mass is 10.3. The van der Waals surface area contributed by atoms with Crippen LogP contribution in [0.15, 0.2) is 22.7 Å². The summed E-state index contributed by atoms with van der Waals surface area (Å²) < 4.78 is 38.1. The van der Waals surface area contributed by atoms with Crippen molar-refractivity contribution in [1.82, 2.24) is 0 Å². The maximum atomic E-state index is 12.7. The molecule has 0 unspecified atom stereocenters. The smallest absolute Gasteiger partial charge is 0.371 e. The summed E-state index contributed by atoms with van der Waals surface area (Å²) in [6.07, 6.45) is 0. The van der Waals surface area contributed by atoms with Crippen molar-refractivity contribution < 1.29 is 17.0 Å². The van der Waals surface area contributed by atoms with Gasteiger partial charge >= 0.3 is 10.3 Å². The van der Waals surface area contributed by atoms with Crippen LogP contribution in [0.2, 0.25) is 0 Å². The van der Waals surface area contributed by atoms with Crippen LogP contribution < -0.4 is 9.32 Å². The van der Waals surface area contributed by atoms with E-state index in [1.165, 1.54) is 6.07 Å². The van der Waals surface area contributed by atoms with Crippen molar-refractivity contribution >= 4 is 26.2 Å². The van der Waals surface area contributed by atoms with Crippen molar-refractivity contribution in [1.29, 1.82) is 0 Å². The fourth-order valence-corrected chi connectivity index (χ4v) is 1.52. The Morgan fingerprint density at radius 2 is 2.00 bits per heavy atom. The first kappa shape index (κ1) is 10.4. The molecule has 0 amide bonds. The van der Waals surface area contributed by atoms with Crippen LogP contribution in [0.4, 0.5) is 4.39 Å². The second-order valence-electron chi connectivity index (χ2n) is 2.18. The minimum absolute atomic E-state index is 0.172. The summed E-state index contributed by atoms with van der Waals surface area (Å²) in [6, 6.07) is 3.36. The van der Waals surface area contributed by atoms with Crippen molar-refractivity contribution in [3.05, 3.63) is 28.5 Å². The fourth-order valence-electron chi connectivity index (χ4n) is 0.711. The molecule has 1 aromatic rings. The van der Waals surface area contributed by atoms with Gasteiger partial charge in [-0.05, 0) is 12.1 Å². The lowest BCUT2D eigenvalue weighted by molar-refractivity contribution is 0.484. The number of halogens is 2. The van der Waals surface area contributed by atoms with Crippen LogP contribution >= 0.6 is 15.9 Å². The molecule has 1 aromatic carbocycles. The first-order chi connectivity index (χ1) is 5.87. The summed E-state index contributed by atoms with van der Waals surface area (Å²) in [5.74, 6) is -0.789. The van der Waals surface area contributed by atoms with E-state index >= 15 is 0 Å². The van der Waals surface area contributed by atoms with Crippen LogP contribution in [0.3, 0.4) is 0 Å². The van der Waals surface area contributed by atoms with Crippen LogP contribution in [0.25, 0.3) is 0 Å². The lowest BCUT2D eigenvalue weighted by Gasteiger charge is -2.02. The van der Waals surface area contributed by atoms with Gasteiger partial charge in [0.2, 0.25) is 0 Å². The van der Waals surface area contributed by atoms with Crippen LogP contribution in [-0.4, -0.2) is 8.42 Å². The molecule has 1 rings (SSSR count). The molecule has 0 heterocycles. The molecule has 0 saturated carbocycles. The van der Waals surface area contributed by atoms with E-state index in [0.29, 0.717) is 4.47 Å². The summed E-state index contributed by atoms with van der Waals surface area (Å²) in [5.41, 5.74) is 0. The fraction of sp³-hybridized carbons (Fsp3) is 0. The molecule has 0 spiro atoms. The Morgan fingerprint density at radius 3 is 2.46 bits per heavy atom. The second kappa shape index (κ2) is 3.60. The number of hydrogen-bond donors (Lipinski definition) is 1. The Bertz CT molecular complexity index is 400. The maximum absolute atomic E-state index is 12.7. The van der Waals surface area contributed by atoms with Crippen molar-refractivity contribution in [2.24, 2.45) is 5.14 Å². The monoisotopic (exact) mass is 269 g/mol. The van der Waals surface area contributed by atoms with E-state index < -0.39 is 16.1 Å². The largest absolute Gasteiger partial charge is 0.380 e. The summed E-state index contributed by atoms with van der Waals surface area (Å²) in [7, 11) is -4.10. The van der Waals surface area contributed by atoms with E-state index in [9.17, 15) is 12.8 Å². The molecule has 0 bridgehead atoms. The molecule has 0 aromatic heterocycles. The molecule has 0 aliphatic rings. The molecule has 0 fully saturated rings. The first-order valence-electron chi connectivity index (χ1n) is 3.05. The zero-order chi connectivity index (χ0) is 10.1. The third-order valence-electron chi connectivity index (χ3n) is 1.05. The molecule has 0 saturated heterocycles. The molecule has 0 aliphatic heterocycles. The van der Waals surface area contributed by atoms with Gasteiger partial charge in [-0.2, -0.15) is 13.6 Å². The van der Waals surface area contributed by atoms with Gasteiger partial charge in [0.1, 0.15) is 11.6 Å². The SMILES string of the molecule is NS(=O)(=O)Oc1cc(F)cc(Br)c1. The van der Waals surface area contributed by atoms with E-state index in [2.05, 4.69) is 25.3 Å². The van der Waals surface area contributed by atoms with Gasteiger partial charge < -0.3 is 4.18 Å². The highest BCUT2D eigenvalue weighted by molar-refractivity contribution is 9.10. The molecule has 0 atom stereocenters. The highest BCUT2D eigenvalue weighted by atomic mass is 79.9. The van der Waals surface area contributed by atoms with Gasteiger partial charge in [0.15, 0.2) is 0 Å². The zero-order valence-corrected chi connectivity index (χ0v) is 8.60. The van der Waals surface area contributed by atoms with E-state index in [-0.39, 0.29) is 5.75 Å². The summed E-state index contributed by atoms with van der Waals surface area (Å²) in [5, 5.41) is 4.58. The first-order valence-corrected chi connectivity index (χ1v) is 5.31. The molecular formula is C6H5BrFNO3S. The van der Waals surface area contributed by atoms with Crippen molar-refractivity contribution in [3.63, 3.8) is 0 Å². The highest BCUT2D eigenvalue weighted by Crippen LogP contribution is 2.21. The maximum Gasteiger partial charge on any atom is 0.380 e. The summed E-state index contributed by atoms with van der Waals surface area (Å²) in [6.45, 7) is 0. The van der Waals surface area contributed by atoms with Crippen LogP contribution in [0.1, 0.15) is 0 Å². The number of rotatable bonds is 2. The van der Waals surface area contributed by atoms with Crippen molar-refractivity contribution in [3.8, 4) is 5.75 Å². The van der Waals surface area contributed by atoms with Crippen molar-refractivity contribution in [2.75, 3.05) is 0 Å². The van der Waals surface area contributed by atoms with Gasteiger partial charge in [0.25, 0.3) is 0 Å². The third kappa shape index (κ3) is 3.71. The Kier molecular flexibility index (Phi) is 2.89. The van der Waals surface area contributed by atoms with Crippen LogP contribution in [0.5, 0.6) is 5.75 Å². The van der Waals surface area contributed by atoms with E-state index in [4.69, 9.17) is 0 Å². The topological polar surface area (TPSA) is 69.4 Å². The molecule has 7 heteroatoms. The zero-order valence-electron chi connectivity index (χ0n) is 6.20. The molecule has 4 nitrogen and oxygen atoms in total. The molecule has 0 radical (unpaired) electrons. The minimum atomic E-state index is -4.10. The molecule has 2 N–H and O–H groups in total. The normalized spacial score (nSPS) is 11.3. The molecule has 13 heavy (non-hydrogen) atoms. The summed E-state index contributed by atoms with van der Waals surface area (Å²) >= 11 is 2.96. The predicted octanol–water partition coefficient (Wildman–Crippen LogP) is 1.17. The number of nitrogens with two attached hydrogens (primary N) is 1. The van der Waals surface area contributed by atoms with Gasteiger partial charge in [-0.15, -0.1) is 0 Å². The summed E-state index contributed by atoms with van der Waals surface area (Å²) in [4.78, 5) is 0. The second-order valence-corrected chi connectivity index (χ2v) is 4.25. The standard InChI is InChI=1S/C6H5BrFNO3S/c7-4-1-5(8)3-6(2-4)12-13(9,10)11/h1-3H,(H2,9,10,11). The average molecular weight is 270 g/mol. The predicted molar refractivity (Wildman–Crippen MR) is 47.8 cm³/mol. The van der Waals surface area contributed by atoms with Gasteiger partial charge in [0, 0.05) is 10.5 Å². The quantitative estimate of drug-likeness (QED) is 0.877. The van der Waals surface area contributed by atoms with E-state index in [0.717, 1.165) is 12.1 Å². The molecule has 72 valence electrons. The van der Waals surface area contributed by atoms with E-state index in [1.807, 2.05) is 0 Å².